The summed E-state index contributed by atoms with van der Waals surface area (Å²) in [5.41, 5.74) is 1.13. The number of carbonyl (C=O) groups is 2. The largest absolute Gasteiger partial charge is 0.491 e. The van der Waals surface area contributed by atoms with E-state index in [9.17, 15) is 14.0 Å². The Labute approximate surface area is 163 Å². The second-order valence-corrected chi connectivity index (χ2v) is 6.56. The zero-order chi connectivity index (χ0) is 19.9. The van der Waals surface area contributed by atoms with Crippen molar-refractivity contribution >= 4 is 17.5 Å². The van der Waals surface area contributed by atoms with Crippen LogP contribution in [-0.2, 0) is 20.9 Å². The van der Waals surface area contributed by atoms with E-state index in [1.807, 2.05) is 24.3 Å². The van der Waals surface area contributed by atoms with Gasteiger partial charge in [0.25, 0.3) is 0 Å². The summed E-state index contributed by atoms with van der Waals surface area (Å²) in [7, 11) is 1.61. The Bertz CT molecular complexity index is 825. The summed E-state index contributed by atoms with van der Waals surface area (Å²) in [5, 5.41) is 2.85. The van der Waals surface area contributed by atoms with Crippen LogP contribution in [0.5, 0.6) is 5.75 Å². The molecule has 0 bridgehead atoms. The first-order chi connectivity index (χ1) is 13.6. The lowest BCUT2D eigenvalue weighted by Crippen LogP contribution is -2.32. The monoisotopic (exact) mass is 386 g/mol. The standard InChI is InChI=1S/C21H23FN2O4/c1-27-10-11-28-17-8-6-15(7-9-17)13-23-21(26)16-12-20(25)24(14-16)19-5-3-2-4-18(19)22/h2-9,16H,10-14H2,1H3,(H,23,26). The maximum atomic E-state index is 13.9. The van der Waals surface area contributed by atoms with E-state index in [-0.39, 0.29) is 30.5 Å². The summed E-state index contributed by atoms with van der Waals surface area (Å²) in [6.07, 6.45) is 0.0758. The molecular weight excluding hydrogens is 363 g/mol. The number of anilines is 1. The molecular formula is C21H23FN2O4. The van der Waals surface area contributed by atoms with Gasteiger partial charge in [0.1, 0.15) is 18.2 Å². The summed E-state index contributed by atoms with van der Waals surface area (Å²) in [4.78, 5) is 26.0. The maximum Gasteiger partial charge on any atom is 0.227 e. The fourth-order valence-corrected chi connectivity index (χ4v) is 3.07. The molecule has 1 unspecified atom stereocenters. The van der Waals surface area contributed by atoms with E-state index in [2.05, 4.69) is 5.32 Å². The number of amides is 2. The molecule has 2 aromatic rings. The van der Waals surface area contributed by atoms with Crippen molar-refractivity contribution in [3.05, 3.63) is 59.9 Å². The number of benzene rings is 2. The molecule has 1 N–H and O–H groups in total. The highest BCUT2D eigenvalue weighted by Gasteiger charge is 2.35. The van der Waals surface area contributed by atoms with Crippen LogP contribution in [0.1, 0.15) is 12.0 Å². The van der Waals surface area contributed by atoms with Gasteiger partial charge in [0.15, 0.2) is 0 Å². The van der Waals surface area contributed by atoms with E-state index >= 15 is 0 Å². The fraction of sp³-hybridized carbons (Fsp3) is 0.333. The van der Waals surface area contributed by atoms with Crippen LogP contribution >= 0.6 is 0 Å². The van der Waals surface area contributed by atoms with Gasteiger partial charge in [0.05, 0.1) is 18.2 Å². The molecule has 7 heteroatoms. The number of nitrogens with zero attached hydrogens (tertiary/aromatic N) is 1. The predicted molar refractivity (Wildman–Crippen MR) is 103 cm³/mol. The van der Waals surface area contributed by atoms with Crippen LogP contribution < -0.4 is 15.0 Å². The molecule has 1 fully saturated rings. The molecule has 1 aliphatic heterocycles. The molecule has 28 heavy (non-hydrogen) atoms. The second-order valence-electron chi connectivity index (χ2n) is 6.56. The fourth-order valence-electron chi connectivity index (χ4n) is 3.07. The third kappa shape index (κ3) is 4.86. The van der Waals surface area contributed by atoms with Crippen LogP contribution in [0.2, 0.25) is 0 Å². The van der Waals surface area contributed by atoms with Gasteiger partial charge in [-0.3, -0.25) is 9.59 Å². The molecule has 0 aromatic heterocycles. The Kier molecular flexibility index (Phi) is 6.60. The van der Waals surface area contributed by atoms with Crippen LogP contribution in [0.3, 0.4) is 0 Å². The molecule has 148 valence electrons. The van der Waals surface area contributed by atoms with Crippen LogP contribution in [-0.4, -0.2) is 38.7 Å². The molecule has 1 atom stereocenters. The molecule has 0 saturated carbocycles. The van der Waals surface area contributed by atoms with Crippen molar-refractivity contribution in [3.63, 3.8) is 0 Å². The number of hydrogen-bond acceptors (Lipinski definition) is 4. The van der Waals surface area contributed by atoms with Crippen LogP contribution in [0.4, 0.5) is 10.1 Å². The molecule has 2 amide bonds. The molecule has 1 aliphatic rings. The van der Waals surface area contributed by atoms with E-state index in [0.29, 0.717) is 19.8 Å². The Morgan fingerprint density at radius 1 is 1.18 bits per heavy atom. The molecule has 1 saturated heterocycles. The number of carbonyl (C=O) groups excluding carboxylic acids is 2. The van der Waals surface area contributed by atoms with Crippen LogP contribution in [0, 0.1) is 11.7 Å². The van der Waals surface area contributed by atoms with Crippen molar-refractivity contribution in [3.8, 4) is 5.75 Å². The van der Waals surface area contributed by atoms with Gasteiger partial charge in [0.2, 0.25) is 11.8 Å². The van der Waals surface area contributed by atoms with Crippen molar-refractivity contribution in [1.29, 1.82) is 0 Å². The number of nitrogens with one attached hydrogen (secondary N) is 1. The quantitative estimate of drug-likeness (QED) is 0.708. The smallest absolute Gasteiger partial charge is 0.227 e. The van der Waals surface area contributed by atoms with Gasteiger partial charge in [-0.25, -0.2) is 4.39 Å². The summed E-state index contributed by atoms with van der Waals surface area (Å²) in [6.45, 7) is 1.52. The molecule has 0 aliphatic carbocycles. The Hall–Kier alpha value is -2.93. The molecule has 2 aromatic carbocycles. The highest BCUT2D eigenvalue weighted by atomic mass is 19.1. The highest BCUT2D eigenvalue weighted by Crippen LogP contribution is 2.27. The number of para-hydroxylation sites is 1. The number of ether oxygens (including phenoxy) is 2. The van der Waals surface area contributed by atoms with Crippen molar-refractivity contribution in [1.82, 2.24) is 5.32 Å². The van der Waals surface area contributed by atoms with Crippen molar-refractivity contribution in [2.45, 2.75) is 13.0 Å². The van der Waals surface area contributed by atoms with E-state index in [1.165, 1.54) is 11.0 Å². The summed E-state index contributed by atoms with van der Waals surface area (Å²) in [6, 6.07) is 13.5. The van der Waals surface area contributed by atoms with Crippen molar-refractivity contribution in [2.75, 3.05) is 31.8 Å². The van der Waals surface area contributed by atoms with Crippen LogP contribution in [0.15, 0.2) is 48.5 Å². The minimum Gasteiger partial charge on any atom is -0.491 e. The molecule has 1 heterocycles. The zero-order valence-corrected chi connectivity index (χ0v) is 15.7. The third-order valence-corrected chi connectivity index (χ3v) is 4.59. The van der Waals surface area contributed by atoms with E-state index in [4.69, 9.17) is 9.47 Å². The Balaban J connectivity index is 1.51. The summed E-state index contributed by atoms with van der Waals surface area (Å²) in [5.74, 6) is -0.696. The SMILES string of the molecule is COCCOc1ccc(CNC(=O)C2CC(=O)N(c3ccccc3F)C2)cc1. The number of rotatable bonds is 8. The topological polar surface area (TPSA) is 67.9 Å². The second kappa shape index (κ2) is 9.32. The summed E-state index contributed by atoms with van der Waals surface area (Å²) < 4.78 is 24.4. The van der Waals surface area contributed by atoms with Gasteiger partial charge in [0, 0.05) is 26.6 Å². The normalized spacial score (nSPS) is 16.3. The van der Waals surface area contributed by atoms with Gasteiger partial charge >= 0.3 is 0 Å². The average molecular weight is 386 g/mol. The van der Waals surface area contributed by atoms with Gasteiger partial charge in [-0.1, -0.05) is 24.3 Å². The summed E-state index contributed by atoms with van der Waals surface area (Å²) >= 11 is 0. The van der Waals surface area contributed by atoms with Gasteiger partial charge in [-0.15, -0.1) is 0 Å². The number of halogens is 1. The van der Waals surface area contributed by atoms with E-state index < -0.39 is 11.7 Å². The third-order valence-electron chi connectivity index (χ3n) is 4.59. The lowest BCUT2D eigenvalue weighted by atomic mass is 10.1. The Morgan fingerprint density at radius 2 is 1.93 bits per heavy atom. The number of methoxy groups -OCH3 is 1. The first-order valence-corrected chi connectivity index (χ1v) is 9.11. The predicted octanol–water partition coefficient (Wildman–Crippen LogP) is 2.52. The average Bonchev–Trinajstić information content (AvgIpc) is 3.09. The molecule has 6 nitrogen and oxygen atoms in total. The van der Waals surface area contributed by atoms with Crippen LogP contribution in [0.25, 0.3) is 0 Å². The first-order valence-electron chi connectivity index (χ1n) is 9.11. The van der Waals surface area contributed by atoms with Crippen molar-refractivity contribution < 1.29 is 23.5 Å². The lowest BCUT2D eigenvalue weighted by Gasteiger charge is -2.17. The van der Waals surface area contributed by atoms with E-state index in [1.54, 1.807) is 25.3 Å². The molecule has 0 radical (unpaired) electrons. The maximum absolute atomic E-state index is 13.9. The lowest BCUT2D eigenvalue weighted by molar-refractivity contribution is -0.126. The zero-order valence-electron chi connectivity index (χ0n) is 15.7. The minimum atomic E-state index is -0.497. The highest BCUT2D eigenvalue weighted by molar-refractivity contribution is 6.00. The van der Waals surface area contributed by atoms with Gasteiger partial charge in [-0.2, -0.15) is 0 Å². The molecule has 0 spiro atoms. The first kappa shape index (κ1) is 19.8. The van der Waals surface area contributed by atoms with Gasteiger partial charge in [-0.05, 0) is 29.8 Å². The molecule has 3 rings (SSSR count). The van der Waals surface area contributed by atoms with E-state index in [0.717, 1.165) is 11.3 Å². The minimum absolute atomic E-state index is 0.0758. The number of hydrogen-bond donors (Lipinski definition) is 1. The Morgan fingerprint density at radius 3 is 2.64 bits per heavy atom. The van der Waals surface area contributed by atoms with Crippen molar-refractivity contribution in [2.24, 2.45) is 5.92 Å². The van der Waals surface area contributed by atoms with Gasteiger partial charge < -0.3 is 19.7 Å².